The number of aryl methyl sites for hydroxylation is 1. The van der Waals surface area contributed by atoms with E-state index in [2.05, 4.69) is 5.32 Å². The van der Waals surface area contributed by atoms with E-state index in [0.717, 1.165) is 10.3 Å². The molecule has 0 radical (unpaired) electrons. The van der Waals surface area contributed by atoms with Gasteiger partial charge in [-0.1, -0.05) is 12.1 Å². The Hall–Kier alpha value is -2.93. The number of fused-ring (bicyclic) bond motifs is 1. The summed E-state index contributed by atoms with van der Waals surface area (Å²) >= 11 is 1.25. The summed E-state index contributed by atoms with van der Waals surface area (Å²) in [5.74, 6) is -0.745. The van der Waals surface area contributed by atoms with Crippen LogP contribution in [0.4, 0.5) is 4.39 Å². The second kappa shape index (κ2) is 7.75. The Bertz CT molecular complexity index is 1030. The van der Waals surface area contributed by atoms with Crippen LogP contribution < -0.4 is 10.1 Å². The molecule has 0 aliphatic heterocycles. The van der Waals surface area contributed by atoms with Crippen molar-refractivity contribution in [2.75, 3.05) is 14.2 Å². The predicted octanol–water partition coefficient (Wildman–Crippen LogP) is 4.07. The van der Waals surface area contributed by atoms with Crippen molar-refractivity contribution in [3.05, 3.63) is 63.8 Å². The molecule has 1 aromatic heterocycles. The molecule has 0 spiro atoms. The van der Waals surface area contributed by atoms with Crippen LogP contribution in [0.25, 0.3) is 10.1 Å². The van der Waals surface area contributed by atoms with Gasteiger partial charge in [0.15, 0.2) is 0 Å². The molecule has 5 nitrogen and oxygen atoms in total. The Balaban J connectivity index is 1.81. The summed E-state index contributed by atoms with van der Waals surface area (Å²) in [6.07, 6.45) is 0. The summed E-state index contributed by atoms with van der Waals surface area (Å²) in [5.41, 5.74) is 1.62. The molecule has 3 aromatic rings. The molecule has 0 aliphatic rings. The monoisotopic (exact) mass is 387 g/mol. The summed E-state index contributed by atoms with van der Waals surface area (Å²) in [6, 6.07) is 9.81. The van der Waals surface area contributed by atoms with Gasteiger partial charge in [-0.05, 0) is 42.3 Å². The number of carbonyl (C=O) groups excluding carboxylic acids is 2. The summed E-state index contributed by atoms with van der Waals surface area (Å²) in [5, 5.41) is 3.29. The normalized spacial score (nSPS) is 10.7. The van der Waals surface area contributed by atoms with E-state index in [1.54, 1.807) is 37.3 Å². The molecule has 0 bridgehead atoms. The Morgan fingerprint density at radius 2 is 1.96 bits per heavy atom. The molecule has 0 fully saturated rings. The number of amides is 1. The van der Waals surface area contributed by atoms with E-state index < -0.39 is 5.97 Å². The van der Waals surface area contributed by atoms with Crippen molar-refractivity contribution in [2.24, 2.45) is 0 Å². The number of halogens is 1. The van der Waals surface area contributed by atoms with E-state index in [-0.39, 0.29) is 23.8 Å². The van der Waals surface area contributed by atoms with Crippen molar-refractivity contribution < 1.29 is 23.5 Å². The molecule has 140 valence electrons. The molecule has 0 atom stereocenters. The van der Waals surface area contributed by atoms with Crippen LogP contribution >= 0.6 is 11.3 Å². The van der Waals surface area contributed by atoms with Gasteiger partial charge in [-0.25, -0.2) is 9.18 Å². The maximum Gasteiger partial charge on any atom is 0.341 e. The molecule has 1 amide bonds. The number of rotatable bonds is 5. The number of hydrogen-bond acceptors (Lipinski definition) is 5. The zero-order valence-electron chi connectivity index (χ0n) is 15.1. The van der Waals surface area contributed by atoms with Crippen molar-refractivity contribution in [2.45, 2.75) is 13.5 Å². The molecule has 1 N–H and O–H groups in total. The third kappa shape index (κ3) is 3.64. The minimum Gasteiger partial charge on any atom is -0.496 e. The highest BCUT2D eigenvalue weighted by Gasteiger charge is 2.18. The standard InChI is InChI=1S/C20H18FNO4S/c1-11-17-14(21)5-4-6-16(17)27-18(11)19(23)22-10-12-7-8-15(25-2)13(9-12)20(24)26-3/h4-9H,10H2,1-3H3,(H,22,23). The van der Waals surface area contributed by atoms with Gasteiger partial charge in [0.05, 0.1) is 19.1 Å². The number of methoxy groups -OCH3 is 2. The SMILES string of the molecule is COC(=O)c1cc(CNC(=O)c2sc3cccc(F)c3c2C)ccc1OC. The fraction of sp³-hybridized carbons (Fsp3) is 0.200. The number of nitrogens with one attached hydrogen (secondary N) is 1. The maximum atomic E-state index is 14.0. The van der Waals surface area contributed by atoms with Crippen LogP contribution in [-0.2, 0) is 11.3 Å². The summed E-state index contributed by atoms with van der Waals surface area (Å²) in [4.78, 5) is 24.9. The lowest BCUT2D eigenvalue weighted by Gasteiger charge is -2.10. The third-order valence-corrected chi connectivity index (χ3v) is 5.49. The van der Waals surface area contributed by atoms with E-state index in [9.17, 15) is 14.0 Å². The first-order valence-electron chi connectivity index (χ1n) is 8.17. The number of hydrogen-bond donors (Lipinski definition) is 1. The van der Waals surface area contributed by atoms with Gasteiger partial charge in [-0.3, -0.25) is 4.79 Å². The van der Waals surface area contributed by atoms with Crippen LogP contribution in [0.1, 0.15) is 31.2 Å². The van der Waals surface area contributed by atoms with E-state index in [0.29, 0.717) is 21.6 Å². The highest BCUT2D eigenvalue weighted by atomic mass is 32.1. The summed E-state index contributed by atoms with van der Waals surface area (Å²) in [6.45, 7) is 1.95. The highest BCUT2D eigenvalue weighted by molar-refractivity contribution is 7.21. The lowest BCUT2D eigenvalue weighted by molar-refractivity contribution is 0.0597. The van der Waals surface area contributed by atoms with Gasteiger partial charge in [-0.2, -0.15) is 0 Å². The lowest BCUT2D eigenvalue weighted by atomic mass is 10.1. The molecule has 0 unspecified atom stereocenters. The Kier molecular flexibility index (Phi) is 5.41. The molecule has 1 heterocycles. The molecule has 7 heteroatoms. The van der Waals surface area contributed by atoms with E-state index in [1.165, 1.54) is 31.6 Å². The number of carbonyl (C=O) groups is 2. The first kappa shape index (κ1) is 18.8. The predicted molar refractivity (Wildman–Crippen MR) is 102 cm³/mol. The first-order chi connectivity index (χ1) is 13.0. The van der Waals surface area contributed by atoms with Crippen molar-refractivity contribution >= 4 is 33.3 Å². The summed E-state index contributed by atoms with van der Waals surface area (Å²) < 4.78 is 24.7. The minimum atomic E-state index is -0.518. The lowest BCUT2D eigenvalue weighted by Crippen LogP contribution is -2.22. The number of esters is 1. The molecular weight excluding hydrogens is 369 g/mol. The van der Waals surface area contributed by atoms with Crippen molar-refractivity contribution in [3.63, 3.8) is 0 Å². The van der Waals surface area contributed by atoms with Crippen LogP contribution in [0.3, 0.4) is 0 Å². The minimum absolute atomic E-state index is 0.211. The van der Waals surface area contributed by atoms with Crippen LogP contribution in [-0.4, -0.2) is 26.1 Å². The van der Waals surface area contributed by atoms with E-state index in [1.807, 2.05) is 0 Å². The molecule has 0 saturated heterocycles. The molecule has 0 aliphatic carbocycles. The maximum absolute atomic E-state index is 14.0. The zero-order valence-corrected chi connectivity index (χ0v) is 15.9. The van der Waals surface area contributed by atoms with Gasteiger partial charge in [0.1, 0.15) is 17.1 Å². The van der Waals surface area contributed by atoms with Crippen molar-refractivity contribution in [3.8, 4) is 5.75 Å². The van der Waals surface area contributed by atoms with Crippen LogP contribution in [0.2, 0.25) is 0 Å². The van der Waals surface area contributed by atoms with Gasteiger partial charge in [0, 0.05) is 16.6 Å². The molecule has 3 rings (SSSR count). The quantitative estimate of drug-likeness (QED) is 0.670. The molecule has 2 aromatic carbocycles. The van der Waals surface area contributed by atoms with Crippen molar-refractivity contribution in [1.82, 2.24) is 5.32 Å². The average molecular weight is 387 g/mol. The largest absolute Gasteiger partial charge is 0.496 e. The van der Waals surface area contributed by atoms with E-state index >= 15 is 0 Å². The summed E-state index contributed by atoms with van der Waals surface area (Å²) in [7, 11) is 2.76. The Morgan fingerprint density at radius 1 is 1.19 bits per heavy atom. The van der Waals surface area contributed by atoms with Crippen molar-refractivity contribution in [1.29, 1.82) is 0 Å². The van der Waals surface area contributed by atoms with Crippen LogP contribution in [0.5, 0.6) is 5.75 Å². The van der Waals surface area contributed by atoms with E-state index in [4.69, 9.17) is 9.47 Å². The fourth-order valence-electron chi connectivity index (χ4n) is 2.87. The third-order valence-electron chi connectivity index (χ3n) is 4.23. The van der Waals surface area contributed by atoms with Gasteiger partial charge < -0.3 is 14.8 Å². The van der Waals surface area contributed by atoms with Gasteiger partial charge in [-0.15, -0.1) is 11.3 Å². The second-order valence-electron chi connectivity index (χ2n) is 5.88. The topological polar surface area (TPSA) is 64.6 Å². The molecular formula is C20H18FNO4S. The Morgan fingerprint density at radius 3 is 2.63 bits per heavy atom. The number of benzene rings is 2. The first-order valence-corrected chi connectivity index (χ1v) is 8.99. The smallest absolute Gasteiger partial charge is 0.341 e. The zero-order chi connectivity index (χ0) is 19.6. The molecule has 27 heavy (non-hydrogen) atoms. The molecule has 0 saturated carbocycles. The van der Waals surface area contributed by atoms with Gasteiger partial charge >= 0.3 is 5.97 Å². The number of ether oxygens (including phenoxy) is 2. The second-order valence-corrected chi connectivity index (χ2v) is 6.93. The highest BCUT2D eigenvalue weighted by Crippen LogP contribution is 2.32. The van der Waals surface area contributed by atoms with Gasteiger partial charge in [0.25, 0.3) is 5.91 Å². The average Bonchev–Trinajstić information content (AvgIpc) is 3.03. The van der Waals surface area contributed by atoms with Crippen LogP contribution in [0.15, 0.2) is 36.4 Å². The van der Waals surface area contributed by atoms with Crippen LogP contribution in [0, 0.1) is 12.7 Å². The fourth-order valence-corrected chi connectivity index (χ4v) is 4.01. The van der Waals surface area contributed by atoms with Gasteiger partial charge in [0.2, 0.25) is 0 Å². The Labute approximate surface area is 159 Å². The number of thiophene rings is 1.